The van der Waals surface area contributed by atoms with Gasteiger partial charge in [-0.05, 0) is 5.41 Å². The molecule has 0 amide bonds. The molecule has 0 aliphatic heterocycles. The van der Waals surface area contributed by atoms with Crippen LogP contribution >= 0.6 is 0 Å². The van der Waals surface area contributed by atoms with Gasteiger partial charge in [-0.25, -0.2) is 4.98 Å². The van der Waals surface area contributed by atoms with Crippen LogP contribution < -0.4 is 0 Å². The van der Waals surface area contributed by atoms with Crippen molar-refractivity contribution in [3.05, 3.63) is 29.5 Å². The first-order valence-corrected chi connectivity index (χ1v) is 3.73. The zero-order valence-electron chi connectivity index (χ0n) is 7.50. The van der Waals surface area contributed by atoms with Crippen molar-refractivity contribution in [2.75, 3.05) is 0 Å². The summed E-state index contributed by atoms with van der Waals surface area (Å²) in [5.74, 6) is 0.456. The van der Waals surface area contributed by atoms with Crippen molar-refractivity contribution >= 4 is 5.82 Å². The van der Waals surface area contributed by atoms with Gasteiger partial charge in [-0.15, -0.1) is 4.98 Å². The lowest BCUT2D eigenvalue weighted by molar-refractivity contribution is 0.587. The van der Waals surface area contributed by atoms with E-state index in [0.29, 0.717) is 5.82 Å². The van der Waals surface area contributed by atoms with Crippen molar-refractivity contribution in [3.8, 4) is 0 Å². The number of rotatable bonds is 0. The van der Waals surface area contributed by atoms with Crippen LogP contribution in [0.25, 0.3) is 4.85 Å². The minimum absolute atomic E-state index is 0.0544. The van der Waals surface area contributed by atoms with Crippen LogP contribution in [0.2, 0.25) is 0 Å². The van der Waals surface area contributed by atoms with Crippen molar-refractivity contribution in [2.45, 2.75) is 26.2 Å². The van der Waals surface area contributed by atoms with E-state index in [9.17, 15) is 0 Å². The number of aromatic nitrogens is 2. The summed E-state index contributed by atoms with van der Waals surface area (Å²) in [6.07, 6.45) is 3.11. The van der Waals surface area contributed by atoms with E-state index in [0.717, 1.165) is 5.56 Å². The van der Waals surface area contributed by atoms with E-state index >= 15 is 0 Å². The second kappa shape index (κ2) is 2.90. The molecule has 62 valence electrons. The Balaban J connectivity index is 3.26. The molecule has 0 aromatic carbocycles. The molecule has 0 unspecified atom stereocenters. The predicted molar refractivity (Wildman–Crippen MR) is 47.0 cm³/mol. The molecular weight excluding hydrogens is 150 g/mol. The molecular formula is C9H11N3. The van der Waals surface area contributed by atoms with Gasteiger partial charge in [-0.2, -0.15) is 0 Å². The molecule has 1 heterocycles. The monoisotopic (exact) mass is 161 g/mol. The standard InChI is InChI=1S/C9H11N3/c1-9(2,3)7-5-11-6-12-8(7)10-4/h5-6H,1-3H3. The van der Waals surface area contributed by atoms with Crippen molar-refractivity contribution in [1.29, 1.82) is 0 Å². The minimum Gasteiger partial charge on any atom is -0.360 e. The van der Waals surface area contributed by atoms with Crippen LogP contribution in [-0.2, 0) is 5.41 Å². The molecule has 0 fully saturated rings. The van der Waals surface area contributed by atoms with Crippen molar-refractivity contribution in [2.24, 2.45) is 0 Å². The van der Waals surface area contributed by atoms with Crippen LogP contribution in [0.3, 0.4) is 0 Å². The van der Waals surface area contributed by atoms with Crippen molar-refractivity contribution < 1.29 is 0 Å². The first-order valence-electron chi connectivity index (χ1n) is 3.73. The Labute approximate surface area is 72.3 Å². The lowest BCUT2D eigenvalue weighted by atomic mass is 9.88. The van der Waals surface area contributed by atoms with E-state index in [-0.39, 0.29) is 5.41 Å². The van der Waals surface area contributed by atoms with Crippen LogP contribution in [0.1, 0.15) is 26.3 Å². The maximum Gasteiger partial charge on any atom is 0.276 e. The fourth-order valence-electron chi connectivity index (χ4n) is 0.941. The average Bonchev–Trinajstić information content (AvgIpc) is 2.03. The molecule has 1 rings (SSSR count). The van der Waals surface area contributed by atoms with Crippen LogP contribution in [0.4, 0.5) is 5.82 Å². The molecule has 0 aliphatic carbocycles. The topological polar surface area (TPSA) is 30.1 Å². The number of hydrogen-bond acceptors (Lipinski definition) is 2. The lowest BCUT2D eigenvalue weighted by Crippen LogP contribution is -2.11. The van der Waals surface area contributed by atoms with Gasteiger partial charge in [0.15, 0.2) is 0 Å². The highest BCUT2D eigenvalue weighted by atomic mass is 14.9. The summed E-state index contributed by atoms with van der Waals surface area (Å²) in [6.45, 7) is 13.0. The van der Waals surface area contributed by atoms with E-state index in [2.05, 4.69) is 14.8 Å². The Morgan fingerprint density at radius 2 is 2.08 bits per heavy atom. The SMILES string of the molecule is [C-]#[N+]c1ncncc1C(C)(C)C. The highest BCUT2D eigenvalue weighted by Crippen LogP contribution is 2.28. The normalized spacial score (nSPS) is 10.8. The van der Waals surface area contributed by atoms with Crippen LogP contribution in [0.5, 0.6) is 0 Å². The zero-order chi connectivity index (χ0) is 9.19. The summed E-state index contributed by atoms with van der Waals surface area (Å²) in [5, 5.41) is 0. The third-order valence-electron chi connectivity index (χ3n) is 1.61. The molecule has 0 aliphatic rings. The number of hydrogen-bond donors (Lipinski definition) is 0. The Morgan fingerprint density at radius 3 is 2.50 bits per heavy atom. The summed E-state index contributed by atoms with van der Waals surface area (Å²) in [7, 11) is 0. The van der Waals surface area contributed by atoms with Gasteiger partial charge < -0.3 is 4.85 Å². The Kier molecular flexibility index (Phi) is 2.09. The van der Waals surface area contributed by atoms with Crippen molar-refractivity contribution in [1.82, 2.24) is 9.97 Å². The van der Waals surface area contributed by atoms with Gasteiger partial charge in [0.1, 0.15) is 0 Å². The molecule has 3 heteroatoms. The van der Waals surface area contributed by atoms with Gasteiger partial charge in [0, 0.05) is 11.8 Å². The largest absolute Gasteiger partial charge is 0.360 e. The summed E-state index contributed by atoms with van der Waals surface area (Å²) < 4.78 is 0. The van der Waals surface area contributed by atoms with Crippen LogP contribution in [0, 0.1) is 6.57 Å². The molecule has 12 heavy (non-hydrogen) atoms. The molecule has 0 spiro atoms. The van der Waals surface area contributed by atoms with E-state index in [4.69, 9.17) is 6.57 Å². The van der Waals surface area contributed by atoms with Crippen LogP contribution in [-0.4, -0.2) is 9.97 Å². The Bertz CT molecular complexity index is 317. The van der Waals surface area contributed by atoms with Gasteiger partial charge in [-0.3, -0.25) is 0 Å². The quantitative estimate of drug-likeness (QED) is 0.546. The smallest absolute Gasteiger partial charge is 0.276 e. The van der Waals surface area contributed by atoms with E-state index in [1.165, 1.54) is 6.33 Å². The third-order valence-corrected chi connectivity index (χ3v) is 1.61. The molecule has 1 aromatic rings. The summed E-state index contributed by atoms with van der Waals surface area (Å²) in [5.41, 5.74) is 0.848. The average molecular weight is 161 g/mol. The van der Waals surface area contributed by atoms with Crippen molar-refractivity contribution in [3.63, 3.8) is 0 Å². The molecule has 3 nitrogen and oxygen atoms in total. The molecule has 0 bridgehead atoms. The first-order chi connectivity index (χ1) is 5.55. The van der Waals surface area contributed by atoms with Gasteiger partial charge in [0.05, 0.1) is 0 Å². The summed E-state index contributed by atoms with van der Waals surface area (Å²) in [6, 6.07) is 0. The summed E-state index contributed by atoms with van der Waals surface area (Å²) in [4.78, 5) is 11.1. The Hall–Kier alpha value is -1.43. The van der Waals surface area contributed by atoms with Crippen LogP contribution in [0.15, 0.2) is 12.5 Å². The van der Waals surface area contributed by atoms with E-state index < -0.39 is 0 Å². The maximum absolute atomic E-state index is 6.90. The fourth-order valence-corrected chi connectivity index (χ4v) is 0.941. The first kappa shape index (κ1) is 8.66. The molecule has 0 saturated heterocycles. The molecule has 0 atom stereocenters. The third kappa shape index (κ3) is 1.59. The Morgan fingerprint density at radius 1 is 1.42 bits per heavy atom. The maximum atomic E-state index is 6.90. The van der Waals surface area contributed by atoms with Gasteiger partial charge in [-0.1, -0.05) is 27.3 Å². The second-order valence-electron chi connectivity index (χ2n) is 3.62. The molecule has 0 saturated carbocycles. The van der Waals surface area contributed by atoms with E-state index in [1.54, 1.807) is 6.20 Å². The minimum atomic E-state index is -0.0544. The predicted octanol–water partition coefficient (Wildman–Crippen LogP) is 2.32. The highest BCUT2D eigenvalue weighted by Gasteiger charge is 2.18. The zero-order valence-corrected chi connectivity index (χ0v) is 7.50. The number of nitrogens with zero attached hydrogens (tertiary/aromatic N) is 3. The molecule has 0 radical (unpaired) electrons. The van der Waals surface area contributed by atoms with Gasteiger partial charge in [0.2, 0.25) is 6.33 Å². The molecule has 0 N–H and O–H groups in total. The molecule has 1 aromatic heterocycles. The van der Waals surface area contributed by atoms with E-state index in [1.807, 2.05) is 20.8 Å². The lowest BCUT2D eigenvalue weighted by Gasteiger charge is -2.18. The van der Waals surface area contributed by atoms with Gasteiger partial charge >= 0.3 is 0 Å². The second-order valence-corrected chi connectivity index (χ2v) is 3.62. The fraction of sp³-hybridized carbons (Fsp3) is 0.444. The summed E-state index contributed by atoms with van der Waals surface area (Å²) >= 11 is 0. The van der Waals surface area contributed by atoms with Gasteiger partial charge in [0.25, 0.3) is 5.82 Å². The highest BCUT2D eigenvalue weighted by molar-refractivity contribution is 5.46.